The number of fused-ring (bicyclic) bond motifs is 1. The summed E-state index contributed by atoms with van der Waals surface area (Å²) in [7, 11) is 3.52. The summed E-state index contributed by atoms with van der Waals surface area (Å²) < 4.78 is 1.91. The number of aromatic nitrogens is 3. The van der Waals surface area contributed by atoms with Gasteiger partial charge >= 0.3 is 6.03 Å². The molecule has 0 aliphatic carbocycles. The molecule has 0 aromatic carbocycles. The molecule has 4 heterocycles. The van der Waals surface area contributed by atoms with E-state index >= 15 is 0 Å². The SMILES string of the molecule is CN(C)C(=O)N1CCC(c2nnc3ccc(C(=O)N4CCCC4)cn23)C1. The van der Waals surface area contributed by atoms with E-state index in [4.69, 9.17) is 0 Å². The standard InChI is InChI=1S/C18H24N6O2/c1-21(2)18(26)23-10-7-13(11-23)16-20-19-15-6-5-14(12-24(15)16)17(25)22-8-3-4-9-22/h5-6,12-13H,3-4,7-11H2,1-2H3. The minimum absolute atomic E-state index is 0.0196. The smallest absolute Gasteiger partial charge is 0.319 e. The Balaban J connectivity index is 1.59. The van der Waals surface area contributed by atoms with Crippen molar-refractivity contribution in [2.75, 3.05) is 40.3 Å². The van der Waals surface area contributed by atoms with Crippen LogP contribution in [0.1, 0.15) is 41.4 Å². The molecule has 2 aromatic heterocycles. The first-order chi connectivity index (χ1) is 12.5. The van der Waals surface area contributed by atoms with E-state index in [0.717, 1.165) is 43.8 Å². The molecule has 2 aromatic rings. The predicted octanol–water partition coefficient (Wildman–Crippen LogP) is 1.44. The van der Waals surface area contributed by atoms with E-state index in [9.17, 15) is 9.59 Å². The average Bonchev–Trinajstić information content (AvgIpc) is 3.39. The Hall–Kier alpha value is -2.64. The Morgan fingerprint density at radius 1 is 1.08 bits per heavy atom. The Morgan fingerprint density at radius 2 is 1.85 bits per heavy atom. The van der Waals surface area contributed by atoms with E-state index in [1.54, 1.807) is 19.0 Å². The van der Waals surface area contributed by atoms with E-state index in [1.807, 2.05) is 32.5 Å². The number of carbonyl (C=O) groups excluding carboxylic acids is 2. The summed E-state index contributed by atoms with van der Waals surface area (Å²) in [6.45, 7) is 3.00. The van der Waals surface area contributed by atoms with Crippen LogP contribution in [0, 0.1) is 0 Å². The summed E-state index contributed by atoms with van der Waals surface area (Å²) in [6.07, 6.45) is 4.85. The maximum atomic E-state index is 12.7. The first kappa shape index (κ1) is 16.8. The summed E-state index contributed by atoms with van der Waals surface area (Å²) in [5.74, 6) is 1.02. The zero-order valence-corrected chi connectivity index (χ0v) is 15.3. The number of hydrogen-bond acceptors (Lipinski definition) is 4. The quantitative estimate of drug-likeness (QED) is 0.816. The number of hydrogen-bond donors (Lipinski definition) is 0. The Morgan fingerprint density at radius 3 is 2.58 bits per heavy atom. The highest BCUT2D eigenvalue weighted by atomic mass is 16.2. The molecule has 8 heteroatoms. The van der Waals surface area contributed by atoms with Crippen LogP contribution in [0.2, 0.25) is 0 Å². The fourth-order valence-corrected chi connectivity index (χ4v) is 3.84. The molecule has 1 atom stereocenters. The van der Waals surface area contributed by atoms with Crippen LogP contribution in [0.3, 0.4) is 0 Å². The van der Waals surface area contributed by atoms with E-state index in [2.05, 4.69) is 10.2 Å². The summed E-state index contributed by atoms with van der Waals surface area (Å²) in [5.41, 5.74) is 1.40. The molecule has 0 N–H and O–H groups in total. The maximum absolute atomic E-state index is 12.7. The van der Waals surface area contributed by atoms with E-state index in [0.29, 0.717) is 18.7 Å². The molecular formula is C18H24N6O2. The largest absolute Gasteiger partial charge is 0.339 e. The first-order valence-corrected chi connectivity index (χ1v) is 9.15. The molecule has 2 aliphatic heterocycles. The van der Waals surface area contributed by atoms with Gasteiger partial charge in [-0.2, -0.15) is 0 Å². The third kappa shape index (κ3) is 2.89. The molecule has 4 rings (SSSR count). The minimum Gasteiger partial charge on any atom is -0.339 e. The number of pyridine rings is 1. The van der Waals surface area contributed by atoms with Crippen molar-refractivity contribution >= 4 is 17.6 Å². The van der Waals surface area contributed by atoms with Crippen molar-refractivity contribution < 1.29 is 9.59 Å². The molecule has 2 saturated heterocycles. The lowest BCUT2D eigenvalue weighted by Crippen LogP contribution is -2.37. The monoisotopic (exact) mass is 356 g/mol. The highest BCUT2D eigenvalue weighted by molar-refractivity contribution is 5.94. The lowest BCUT2D eigenvalue weighted by Gasteiger charge is -2.21. The van der Waals surface area contributed by atoms with Crippen LogP contribution in [0.15, 0.2) is 18.3 Å². The molecule has 0 bridgehead atoms. The van der Waals surface area contributed by atoms with Crippen molar-refractivity contribution in [1.82, 2.24) is 29.3 Å². The van der Waals surface area contributed by atoms with Gasteiger partial charge in [0, 0.05) is 52.4 Å². The Kier molecular flexibility index (Phi) is 4.26. The van der Waals surface area contributed by atoms with Crippen molar-refractivity contribution in [3.8, 4) is 0 Å². The molecule has 26 heavy (non-hydrogen) atoms. The van der Waals surface area contributed by atoms with Gasteiger partial charge in [-0.15, -0.1) is 10.2 Å². The number of nitrogens with zero attached hydrogens (tertiary/aromatic N) is 6. The lowest BCUT2D eigenvalue weighted by molar-refractivity contribution is 0.0792. The lowest BCUT2D eigenvalue weighted by atomic mass is 10.1. The number of urea groups is 1. The van der Waals surface area contributed by atoms with Gasteiger partial charge in [0.05, 0.1) is 5.56 Å². The topological polar surface area (TPSA) is 74.0 Å². The molecule has 0 radical (unpaired) electrons. The van der Waals surface area contributed by atoms with Crippen LogP contribution in [0.25, 0.3) is 5.65 Å². The van der Waals surface area contributed by atoms with Gasteiger partial charge in [0.2, 0.25) is 0 Å². The van der Waals surface area contributed by atoms with Crippen LogP contribution in [-0.2, 0) is 0 Å². The van der Waals surface area contributed by atoms with Gasteiger partial charge in [-0.25, -0.2) is 4.79 Å². The molecule has 3 amide bonds. The average molecular weight is 356 g/mol. The molecule has 8 nitrogen and oxygen atoms in total. The molecule has 138 valence electrons. The van der Waals surface area contributed by atoms with Crippen molar-refractivity contribution in [2.45, 2.75) is 25.2 Å². The maximum Gasteiger partial charge on any atom is 0.319 e. The Bertz CT molecular complexity index is 839. The Labute approximate surface area is 152 Å². The normalized spacial score (nSPS) is 20.2. The molecule has 0 saturated carbocycles. The van der Waals surface area contributed by atoms with Crippen LogP contribution in [0.5, 0.6) is 0 Å². The van der Waals surface area contributed by atoms with Gasteiger partial charge in [0.1, 0.15) is 5.82 Å². The van der Waals surface area contributed by atoms with Crippen molar-refractivity contribution in [2.24, 2.45) is 0 Å². The van der Waals surface area contributed by atoms with Crippen LogP contribution in [0.4, 0.5) is 4.79 Å². The zero-order chi connectivity index (χ0) is 18.3. The molecular weight excluding hydrogens is 332 g/mol. The second-order valence-corrected chi connectivity index (χ2v) is 7.31. The summed E-state index contributed by atoms with van der Waals surface area (Å²) >= 11 is 0. The number of amides is 3. The van der Waals surface area contributed by atoms with E-state index in [1.165, 1.54) is 0 Å². The third-order valence-electron chi connectivity index (χ3n) is 5.28. The number of carbonyl (C=O) groups is 2. The summed E-state index contributed by atoms with van der Waals surface area (Å²) in [6, 6.07) is 3.69. The molecule has 1 unspecified atom stereocenters. The second kappa shape index (κ2) is 6.59. The fraction of sp³-hybridized carbons (Fsp3) is 0.556. The van der Waals surface area contributed by atoms with Crippen LogP contribution in [-0.4, -0.2) is 81.5 Å². The highest BCUT2D eigenvalue weighted by Gasteiger charge is 2.31. The van der Waals surface area contributed by atoms with E-state index < -0.39 is 0 Å². The van der Waals surface area contributed by atoms with Crippen LogP contribution >= 0.6 is 0 Å². The van der Waals surface area contributed by atoms with Crippen molar-refractivity contribution in [1.29, 1.82) is 0 Å². The fourth-order valence-electron chi connectivity index (χ4n) is 3.84. The van der Waals surface area contributed by atoms with Crippen molar-refractivity contribution in [3.63, 3.8) is 0 Å². The van der Waals surface area contributed by atoms with Gasteiger partial charge in [-0.05, 0) is 31.4 Å². The first-order valence-electron chi connectivity index (χ1n) is 9.15. The van der Waals surface area contributed by atoms with Crippen molar-refractivity contribution in [3.05, 3.63) is 29.7 Å². The zero-order valence-electron chi connectivity index (χ0n) is 15.3. The summed E-state index contributed by atoms with van der Waals surface area (Å²) in [5, 5.41) is 8.59. The molecule has 2 aliphatic rings. The third-order valence-corrected chi connectivity index (χ3v) is 5.28. The second-order valence-electron chi connectivity index (χ2n) is 7.31. The number of likely N-dealkylation sites (tertiary alicyclic amines) is 2. The predicted molar refractivity (Wildman–Crippen MR) is 96.1 cm³/mol. The van der Waals surface area contributed by atoms with Crippen LogP contribution < -0.4 is 0 Å². The molecule has 0 spiro atoms. The van der Waals surface area contributed by atoms with Gasteiger partial charge in [-0.1, -0.05) is 0 Å². The highest BCUT2D eigenvalue weighted by Crippen LogP contribution is 2.27. The number of rotatable bonds is 2. The molecule has 2 fully saturated rings. The van der Waals surface area contributed by atoms with E-state index in [-0.39, 0.29) is 17.9 Å². The van der Waals surface area contributed by atoms with Gasteiger partial charge in [-0.3, -0.25) is 9.20 Å². The van der Waals surface area contributed by atoms with Gasteiger partial charge in [0.15, 0.2) is 5.65 Å². The summed E-state index contributed by atoms with van der Waals surface area (Å²) in [4.78, 5) is 30.2. The van der Waals surface area contributed by atoms with Gasteiger partial charge < -0.3 is 14.7 Å². The minimum atomic E-state index is 0.0196. The van der Waals surface area contributed by atoms with Gasteiger partial charge in [0.25, 0.3) is 5.91 Å².